The fraction of sp³-hybridized carbons (Fsp3) is 0.0714. The third-order valence-electron chi connectivity index (χ3n) is 5.64. The molecule has 2 amide bonds. The Bertz CT molecular complexity index is 1460. The summed E-state index contributed by atoms with van der Waals surface area (Å²) in [5.41, 5.74) is 2.85. The van der Waals surface area contributed by atoms with E-state index >= 15 is 0 Å². The number of thioether (sulfide) groups is 1. The lowest BCUT2D eigenvalue weighted by Crippen LogP contribution is -2.27. The number of rotatable bonds is 6. The standard InChI is InChI=1S/C28H19BrINO3S/c29-24-14-19(10-13-25(24)34-17-21-6-3-5-20-4-1-2-7-23(20)21)15-26-27(32)31(28(33)35-26)16-18-8-11-22(30)12-9-18/h1-15H,16-17H2/b26-15-. The van der Waals surface area contributed by atoms with Gasteiger partial charge in [0.2, 0.25) is 0 Å². The molecular weight excluding hydrogens is 637 g/mol. The first-order chi connectivity index (χ1) is 17.0. The van der Waals surface area contributed by atoms with E-state index in [1.165, 1.54) is 15.7 Å². The summed E-state index contributed by atoms with van der Waals surface area (Å²) in [5.74, 6) is 0.438. The van der Waals surface area contributed by atoms with E-state index in [-0.39, 0.29) is 17.7 Å². The molecule has 7 heteroatoms. The van der Waals surface area contributed by atoms with E-state index in [1.807, 2.05) is 60.7 Å². The van der Waals surface area contributed by atoms with Gasteiger partial charge in [-0.1, -0.05) is 60.7 Å². The van der Waals surface area contributed by atoms with Crippen molar-refractivity contribution in [3.63, 3.8) is 0 Å². The van der Waals surface area contributed by atoms with E-state index in [0.29, 0.717) is 17.3 Å². The highest BCUT2D eigenvalue weighted by Crippen LogP contribution is 2.35. The van der Waals surface area contributed by atoms with Gasteiger partial charge in [0.1, 0.15) is 12.4 Å². The first kappa shape index (κ1) is 24.1. The smallest absolute Gasteiger partial charge is 0.293 e. The van der Waals surface area contributed by atoms with Crippen molar-refractivity contribution in [1.82, 2.24) is 4.90 Å². The zero-order valence-corrected chi connectivity index (χ0v) is 23.0. The van der Waals surface area contributed by atoms with E-state index in [9.17, 15) is 9.59 Å². The van der Waals surface area contributed by atoms with Crippen molar-refractivity contribution >= 4 is 78.3 Å². The molecule has 35 heavy (non-hydrogen) atoms. The molecule has 0 bridgehead atoms. The number of nitrogens with zero attached hydrogens (tertiary/aromatic N) is 1. The Kier molecular flexibility index (Phi) is 7.27. The Balaban J connectivity index is 1.29. The monoisotopic (exact) mass is 655 g/mol. The van der Waals surface area contributed by atoms with Crippen molar-refractivity contribution in [3.05, 3.63) is 115 Å². The fourth-order valence-corrected chi connectivity index (χ4v) is 5.57. The number of carbonyl (C=O) groups is 2. The van der Waals surface area contributed by atoms with Crippen molar-refractivity contribution in [2.24, 2.45) is 0 Å². The minimum absolute atomic E-state index is 0.256. The maximum absolute atomic E-state index is 12.9. The van der Waals surface area contributed by atoms with Gasteiger partial charge in [-0.25, -0.2) is 0 Å². The average molecular weight is 656 g/mol. The van der Waals surface area contributed by atoms with Gasteiger partial charge in [0.15, 0.2) is 0 Å². The number of amides is 2. The third-order valence-corrected chi connectivity index (χ3v) is 7.89. The van der Waals surface area contributed by atoms with Crippen molar-refractivity contribution in [2.75, 3.05) is 0 Å². The summed E-state index contributed by atoms with van der Waals surface area (Å²) in [6.45, 7) is 0.709. The van der Waals surface area contributed by atoms with E-state index < -0.39 is 0 Å². The van der Waals surface area contributed by atoms with Crippen LogP contribution in [0.1, 0.15) is 16.7 Å². The number of halogens is 2. The van der Waals surface area contributed by atoms with Crippen LogP contribution in [0.15, 0.2) is 94.3 Å². The van der Waals surface area contributed by atoms with E-state index in [0.717, 1.165) is 36.5 Å². The van der Waals surface area contributed by atoms with Crippen LogP contribution in [0.3, 0.4) is 0 Å². The molecule has 1 aliphatic heterocycles. The van der Waals surface area contributed by atoms with Gasteiger partial charge in [0, 0.05) is 3.57 Å². The summed E-state index contributed by atoms with van der Waals surface area (Å²) in [5, 5.41) is 2.09. The van der Waals surface area contributed by atoms with Crippen LogP contribution in [0.2, 0.25) is 0 Å². The number of hydrogen-bond donors (Lipinski definition) is 0. The third kappa shape index (κ3) is 5.47. The van der Waals surface area contributed by atoms with Gasteiger partial charge in [-0.15, -0.1) is 0 Å². The lowest BCUT2D eigenvalue weighted by molar-refractivity contribution is -0.123. The number of carbonyl (C=O) groups excluding carboxylic acids is 2. The molecule has 5 rings (SSSR count). The lowest BCUT2D eigenvalue weighted by Gasteiger charge is -2.12. The number of benzene rings is 4. The van der Waals surface area contributed by atoms with Crippen LogP contribution in [-0.4, -0.2) is 16.0 Å². The van der Waals surface area contributed by atoms with Crippen molar-refractivity contribution in [2.45, 2.75) is 13.2 Å². The van der Waals surface area contributed by atoms with Gasteiger partial charge in [-0.05, 0) is 108 Å². The largest absolute Gasteiger partial charge is 0.488 e. The summed E-state index contributed by atoms with van der Waals surface area (Å²) >= 11 is 6.78. The summed E-state index contributed by atoms with van der Waals surface area (Å²) in [4.78, 5) is 27.1. The highest BCUT2D eigenvalue weighted by atomic mass is 127. The Morgan fingerprint density at radius 3 is 2.51 bits per heavy atom. The Hall–Kier alpha value is -2.62. The SMILES string of the molecule is O=C1S/C(=C\c2ccc(OCc3cccc4ccccc34)c(Br)c2)C(=O)N1Cc1ccc(I)cc1. The molecule has 0 aromatic heterocycles. The molecule has 0 unspecified atom stereocenters. The molecule has 1 aliphatic rings. The number of fused-ring (bicyclic) bond motifs is 1. The van der Waals surface area contributed by atoms with Gasteiger partial charge >= 0.3 is 0 Å². The topological polar surface area (TPSA) is 46.6 Å². The average Bonchev–Trinajstić information content (AvgIpc) is 3.12. The minimum Gasteiger partial charge on any atom is -0.488 e. The second-order valence-electron chi connectivity index (χ2n) is 8.01. The zero-order valence-electron chi connectivity index (χ0n) is 18.4. The second-order valence-corrected chi connectivity index (χ2v) is 11.1. The molecule has 0 radical (unpaired) electrons. The predicted octanol–water partition coefficient (Wildman–Crippen LogP) is 8.02. The molecule has 4 nitrogen and oxygen atoms in total. The predicted molar refractivity (Wildman–Crippen MR) is 153 cm³/mol. The van der Waals surface area contributed by atoms with E-state index in [4.69, 9.17) is 4.74 Å². The molecule has 1 fully saturated rings. The summed E-state index contributed by atoms with van der Waals surface area (Å²) < 4.78 is 7.97. The molecule has 0 saturated carbocycles. The van der Waals surface area contributed by atoms with Crippen LogP contribution >= 0.6 is 50.3 Å². The first-order valence-corrected chi connectivity index (χ1v) is 13.6. The van der Waals surface area contributed by atoms with E-state index in [2.05, 4.69) is 62.8 Å². The Morgan fingerprint density at radius 1 is 0.943 bits per heavy atom. The molecule has 0 aliphatic carbocycles. The van der Waals surface area contributed by atoms with Crippen LogP contribution in [0.4, 0.5) is 4.79 Å². The summed E-state index contributed by atoms with van der Waals surface area (Å²) in [6, 6.07) is 27.9. The highest BCUT2D eigenvalue weighted by molar-refractivity contribution is 14.1. The van der Waals surface area contributed by atoms with Gasteiger partial charge in [0.05, 0.1) is 15.9 Å². The van der Waals surface area contributed by atoms with Crippen LogP contribution in [0.5, 0.6) is 5.75 Å². The lowest BCUT2D eigenvalue weighted by atomic mass is 10.1. The summed E-state index contributed by atoms with van der Waals surface area (Å²) in [7, 11) is 0. The van der Waals surface area contributed by atoms with Crippen LogP contribution in [0.25, 0.3) is 16.8 Å². The first-order valence-electron chi connectivity index (χ1n) is 10.9. The molecule has 0 N–H and O–H groups in total. The maximum Gasteiger partial charge on any atom is 0.293 e. The van der Waals surface area contributed by atoms with Gasteiger partial charge < -0.3 is 4.74 Å². The highest BCUT2D eigenvalue weighted by Gasteiger charge is 2.35. The Labute approximate surface area is 229 Å². The van der Waals surface area contributed by atoms with Crippen LogP contribution < -0.4 is 4.74 Å². The molecule has 0 spiro atoms. The zero-order chi connectivity index (χ0) is 24.4. The van der Waals surface area contributed by atoms with Crippen molar-refractivity contribution < 1.29 is 14.3 Å². The second kappa shape index (κ2) is 10.6. The van der Waals surface area contributed by atoms with Crippen LogP contribution in [0, 0.1) is 3.57 Å². The van der Waals surface area contributed by atoms with Crippen molar-refractivity contribution in [1.29, 1.82) is 0 Å². The minimum atomic E-state index is -0.272. The number of ether oxygens (including phenoxy) is 1. The molecule has 1 saturated heterocycles. The maximum atomic E-state index is 12.9. The molecule has 174 valence electrons. The van der Waals surface area contributed by atoms with Crippen molar-refractivity contribution in [3.8, 4) is 5.75 Å². The number of imide groups is 1. The van der Waals surface area contributed by atoms with Gasteiger partial charge in [0.25, 0.3) is 11.1 Å². The molecular formula is C28H19BrINO3S. The molecule has 1 heterocycles. The van der Waals surface area contributed by atoms with E-state index in [1.54, 1.807) is 6.08 Å². The molecule has 4 aromatic rings. The Morgan fingerprint density at radius 2 is 1.71 bits per heavy atom. The van der Waals surface area contributed by atoms with Gasteiger partial charge in [-0.3, -0.25) is 14.5 Å². The normalized spacial score (nSPS) is 14.8. The quantitative estimate of drug-likeness (QED) is 0.156. The fourth-order valence-electron chi connectivity index (χ4n) is 3.86. The van der Waals surface area contributed by atoms with Gasteiger partial charge in [-0.2, -0.15) is 0 Å². The summed E-state index contributed by atoms with van der Waals surface area (Å²) in [6.07, 6.45) is 1.75. The number of hydrogen-bond acceptors (Lipinski definition) is 4. The molecule has 0 atom stereocenters. The van der Waals surface area contributed by atoms with Crippen LogP contribution in [-0.2, 0) is 17.9 Å². The molecule has 4 aromatic carbocycles.